The second-order valence-corrected chi connectivity index (χ2v) is 4.87. The molecule has 1 amide bonds. The van der Waals surface area contributed by atoms with Crippen LogP contribution in [0.4, 0.5) is 5.69 Å². The molecule has 1 rings (SSSR count). The first-order valence-electron chi connectivity index (χ1n) is 5.57. The van der Waals surface area contributed by atoms with Crippen LogP contribution in [0.3, 0.4) is 0 Å². The summed E-state index contributed by atoms with van der Waals surface area (Å²) in [6.07, 6.45) is 0.109. The lowest BCUT2D eigenvalue weighted by Crippen LogP contribution is -2.45. The molecule has 0 unspecified atom stereocenters. The van der Waals surface area contributed by atoms with Crippen molar-refractivity contribution < 1.29 is 9.72 Å². The average molecular weight is 251 g/mol. The molecule has 0 atom stereocenters. The Bertz CT molecular complexity index is 452. The van der Waals surface area contributed by atoms with E-state index in [0.717, 1.165) is 0 Å². The van der Waals surface area contributed by atoms with Crippen molar-refractivity contribution in [1.29, 1.82) is 0 Å². The monoisotopic (exact) mass is 251 g/mol. The Balaban J connectivity index is 2.59. The fraction of sp³-hybridized carbons (Fsp3) is 0.417. The summed E-state index contributed by atoms with van der Waals surface area (Å²) in [5.41, 5.74) is 5.86. The third-order valence-corrected chi connectivity index (χ3v) is 2.23. The van der Waals surface area contributed by atoms with E-state index >= 15 is 0 Å². The van der Waals surface area contributed by atoms with Gasteiger partial charge in [-0.1, -0.05) is 12.1 Å². The van der Waals surface area contributed by atoms with Crippen molar-refractivity contribution in [2.24, 2.45) is 5.73 Å². The summed E-state index contributed by atoms with van der Waals surface area (Å²) < 4.78 is 0. The number of nitro benzene ring substituents is 1. The predicted octanol–water partition coefficient (Wildman–Crippen LogP) is 0.991. The van der Waals surface area contributed by atoms with Crippen molar-refractivity contribution >= 4 is 11.6 Å². The molecule has 0 saturated heterocycles. The first-order valence-corrected chi connectivity index (χ1v) is 5.57. The van der Waals surface area contributed by atoms with Gasteiger partial charge in [0.15, 0.2) is 0 Å². The second kappa shape index (κ2) is 5.59. The molecule has 0 spiro atoms. The number of carbonyl (C=O) groups is 1. The van der Waals surface area contributed by atoms with E-state index in [1.807, 2.05) is 0 Å². The van der Waals surface area contributed by atoms with E-state index < -0.39 is 10.5 Å². The van der Waals surface area contributed by atoms with Gasteiger partial charge in [0.25, 0.3) is 5.69 Å². The zero-order valence-electron chi connectivity index (χ0n) is 10.5. The molecule has 0 fully saturated rings. The number of carbonyl (C=O) groups excluding carboxylic acids is 1. The van der Waals surface area contributed by atoms with Gasteiger partial charge < -0.3 is 11.1 Å². The molecule has 0 bridgehead atoms. The highest BCUT2D eigenvalue weighted by Gasteiger charge is 2.13. The lowest BCUT2D eigenvalue weighted by atomic mass is 10.1. The summed E-state index contributed by atoms with van der Waals surface area (Å²) in [7, 11) is 0. The zero-order valence-corrected chi connectivity index (χ0v) is 10.5. The Labute approximate surface area is 105 Å². The van der Waals surface area contributed by atoms with Gasteiger partial charge in [-0.25, -0.2) is 0 Å². The van der Waals surface area contributed by atoms with Crippen molar-refractivity contribution in [2.75, 3.05) is 6.54 Å². The van der Waals surface area contributed by atoms with E-state index in [0.29, 0.717) is 12.1 Å². The fourth-order valence-electron chi connectivity index (χ4n) is 1.35. The molecule has 6 heteroatoms. The number of hydrogen-bond donors (Lipinski definition) is 2. The van der Waals surface area contributed by atoms with Crippen LogP contribution in [0.1, 0.15) is 19.4 Å². The first kappa shape index (κ1) is 14.1. The summed E-state index contributed by atoms with van der Waals surface area (Å²) in [4.78, 5) is 21.7. The molecule has 3 N–H and O–H groups in total. The fourth-order valence-corrected chi connectivity index (χ4v) is 1.35. The maximum Gasteiger partial charge on any atom is 0.269 e. The van der Waals surface area contributed by atoms with Gasteiger partial charge in [-0.3, -0.25) is 14.9 Å². The van der Waals surface area contributed by atoms with Gasteiger partial charge in [0, 0.05) is 24.2 Å². The van der Waals surface area contributed by atoms with Gasteiger partial charge >= 0.3 is 0 Å². The quantitative estimate of drug-likeness (QED) is 0.602. The van der Waals surface area contributed by atoms with Crippen LogP contribution in [-0.2, 0) is 11.2 Å². The molecule has 18 heavy (non-hydrogen) atoms. The number of hydrogen-bond acceptors (Lipinski definition) is 4. The standard InChI is InChI=1S/C12H17N3O3/c1-12(2,13)8-14-11(16)7-9-4-3-5-10(6-9)15(17)18/h3-6H,7-8,13H2,1-2H3,(H,14,16). The van der Waals surface area contributed by atoms with E-state index in [1.54, 1.807) is 26.0 Å². The maximum absolute atomic E-state index is 11.6. The summed E-state index contributed by atoms with van der Waals surface area (Å²) in [5, 5.41) is 13.3. The third kappa shape index (κ3) is 4.92. The maximum atomic E-state index is 11.6. The van der Waals surface area contributed by atoms with Crippen LogP contribution in [0.25, 0.3) is 0 Å². The van der Waals surface area contributed by atoms with E-state index in [-0.39, 0.29) is 18.0 Å². The van der Waals surface area contributed by atoms with E-state index in [9.17, 15) is 14.9 Å². The Morgan fingerprint density at radius 2 is 2.17 bits per heavy atom. The highest BCUT2D eigenvalue weighted by Crippen LogP contribution is 2.13. The number of rotatable bonds is 5. The molecular formula is C12H17N3O3. The van der Waals surface area contributed by atoms with Gasteiger partial charge in [0.05, 0.1) is 11.3 Å². The van der Waals surface area contributed by atoms with Gasteiger partial charge in [0.1, 0.15) is 0 Å². The molecule has 0 aromatic heterocycles. The van der Waals surface area contributed by atoms with Gasteiger partial charge in [-0.15, -0.1) is 0 Å². The molecule has 1 aromatic rings. The SMILES string of the molecule is CC(C)(N)CNC(=O)Cc1cccc([N+](=O)[O-])c1. The summed E-state index contributed by atoms with van der Waals surface area (Å²) in [5.74, 6) is -0.200. The normalized spacial score (nSPS) is 11.1. The lowest BCUT2D eigenvalue weighted by molar-refractivity contribution is -0.384. The van der Waals surface area contributed by atoms with Crippen molar-refractivity contribution in [2.45, 2.75) is 25.8 Å². The lowest BCUT2D eigenvalue weighted by Gasteiger charge is -2.18. The Hall–Kier alpha value is -1.95. The molecule has 0 aliphatic rings. The highest BCUT2D eigenvalue weighted by atomic mass is 16.6. The van der Waals surface area contributed by atoms with Crippen molar-refractivity contribution in [3.8, 4) is 0 Å². The highest BCUT2D eigenvalue weighted by molar-refractivity contribution is 5.78. The summed E-state index contributed by atoms with van der Waals surface area (Å²) in [6.45, 7) is 3.97. The number of non-ortho nitro benzene ring substituents is 1. The van der Waals surface area contributed by atoms with Crippen molar-refractivity contribution in [3.63, 3.8) is 0 Å². The van der Waals surface area contributed by atoms with Crippen LogP contribution in [0, 0.1) is 10.1 Å². The van der Waals surface area contributed by atoms with Crippen molar-refractivity contribution in [1.82, 2.24) is 5.32 Å². The van der Waals surface area contributed by atoms with Crippen LogP contribution >= 0.6 is 0 Å². The van der Waals surface area contributed by atoms with E-state index in [1.165, 1.54) is 12.1 Å². The average Bonchev–Trinajstić information content (AvgIpc) is 2.26. The minimum Gasteiger partial charge on any atom is -0.354 e. The van der Waals surface area contributed by atoms with Crippen LogP contribution in [0.5, 0.6) is 0 Å². The Morgan fingerprint density at radius 3 is 2.72 bits per heavy atom. The first-order chi connectivity index (χ1) is 8.28. The molecule has 0 saturated carbocycles. The second-order valence-electron chi connectivity index (χ2n) is 4.87. The third-order valence-electron chi connectivity index (χ3n) is 2.23. The smallest absolute Gasteiger partial charge is 0.269 e. The minimum absolute atomic E-state index is 0.0144. The van der Waals surface area contributed by atoms with Crippen LogP contribution in [-0.4, -0.2) is 22.9 Å². The molecular weight excluding hydrogens is 234 g/mol. The zero-order chi connectivity index (χ0) is 13.8. The van der Waals surface area contributed by atoms with Gasteiger partial charge in [-0.05, 0) is 19.4 Å². The molecule has 98 valence electrons. The van der Waals surface area contributed by atoms with E-state index in [4.69, 9.17) is 5.73 Å². The number of amides is 1. The number of benzene rings is 1. The van der Waals surface area contributed by atoms with E-state index in [2.05, 4.69) is 5.32 Å². The Morgan fingerprint density at radius 1 is 1.50 bits per heavy atom. The molecule has 0 aliphatic carbocycles. The van der Waals surface area contributed by atoms with Crippen LogP contribution in [0.2, 0.25) is 0 Å². The number of nitrogens with one attached hydrogen (secondary N) is 1. The molecule has 0 radical (unpaired) electrons. The number of nitrogens with zero attached hydrogens (tertiary/aromatic N) is 1. The summed E-state index contributed by atoms with van der Waals surface area (Å²) in [6, 6.07) is 6.03. The van der Waals surface area contributed by atoms with Crippen LogP contribution in [0.15, 0.2) is 24.3 Å². The van der Waals surface area contributed by atoms with Gasteiger partial charge in [0.2, 0.25) is 5.91 Å². The summed E-state index contributed by atoms with van der Waals surface area (Å²) >= 11 is 0. The molecule has 0 heterocycles. The molecule has 1 aromatic carbocycles. The van der Waals surface area contributed by atoms with Crippen LogP contribution < -0.4 is 11.1 Å². The largest absolute Gasteiger partial charge is 0.354 e. The molecule has 6 nitrogen and oxygen atoms in total. The molecule has 0 aliphatic heterocycles. The number of nitrogens with two attached hydrogens (primary N) is 1. The predicted molar refractivity (Wildman–Crippen MR) is 68.1 cm³/mol. The minimum atomic E-state index is -0.482. The van der Waals surface area contributed by atoms with Crippen molar-refractivity contribution in [3.05, 3.63) is 39.9 Å². The Kier molecular flexibility index (Phi) is 4.38. The van der Waals surface area contributed by atoms with Gasteiger partial charge in [-0.2, -0.15) is 0 Å². The topological polar surface area (TPSA) is 98.3 Å². The number of nitro groups is 1.